The molecule has 0 radical (unpaired) electrons. The summed E-state index contributed by atoms with van der Waals surface area (Å²) in [6, 6.07) is 0. The fourth-order valence-electron chi connectivity index (χ4n) is 1.77. The summed E-state index contributed by atoms with van der Waals surface area (Å²) in [5, 5.41) is 17.5. The van der Waals surface area contributed by atoms with E-state index in [0.717, 1.165) is 32.1 Å². The van der Waals surface area contributed by atoms with Gasteiger partial charge in [-0.05, 0) is 19.3 Å². The summed E-state index contributed by atoms with van der Waals surface area (Å²) in [6.07, 6.45) is 7.09. The van der Waals surface area contributed by atoms with Gasteiger partial charge in [0.05, 0.1) is 18.9 Å². The highest BCUT2D eigenvalue weighted by Crippen LogP contribution is 2.16. The predicted molar refractivity (Wildman–Crippen MR) is 71.7 cm³/mol. The van der Waals surface area contributed by atoms with E-state index in [2.05, 4.69) is 11.3 Å². The van der Waals surface area contributed by atoms with Gasteiger partial charge in [0.15, 0.2) is 0 Å². The number of unbranched alkanes of at least 4 members (excludes halogenated alkanes) is 4. The maximum absolute atomic E-state index is 11.3. The molecule has 0 aromatic heterocycles. The Balaban J connectivity index is 3.83. The maximum atomic E-state index is 11.3. The van der Waals surface area contributed by atoms with Gasteiger partial charge in [0.2, 0.25) is 0 Å². The first-order valence-corrected chi connectivity index (χ1v) is 6.72. The van der Waals surface area contributed by atoms with E-state index in [1.165, 1.54) is 0 Å². The predicted octanol–water partition coefficient (Wildman–Crippen LogP) is 2.14. The lowest BCUT2D eigenvalue weighted by Crippen LogP contribution is -2.20. The van der Waals surface area contributed by atoms with Crippen molar-refractivity contribution in [2.75, 3.05) is 13.2 Å². The number of aliphatic hydroxyl groups excluding tert-OH is 1. The second-order valence-corrected chi connectivity index (χ2v) is 4.46. The number of aliphatic carboxylic acids is 1. The number of hydrogen-bond donors (Lipinski definition) is 2. The molecular formula is C14H24O5. The molecule has 2 N–H and O–H groups in total. The van der Waals surface area contributed by atoms with Crippen molar-refractivity contribution in [3.8, 4) is 0 Å². The zero-order valence-electron chi connectivity index (χ0n) is 11.3. The van der Waals surface area contributed by atoms with Crippen LogP contribution < -0.4 is 0 Å². The molecule has 1 unspecified atom stereocenters. The van der Waals surface area contributed by atoms with Crippen LogP contribution in [-0.4, -0.2) is 35.4 Å². The van der Waals surface area contributed by atoms with Crippen LogP contribution in [0.25, 0.3) is 0 Å². The van der Waals surface area contributed by atoms with Gasteiger partial charge in [-0.1, -0.05) is 25.3 Å². The topological polar surface area (TPSA) is 83.8 Å². The Bertz CT molecular complexity index is 275. The van der Waals surface area contributed by atoms with Crippen LogP contribution in [0.3, 0.4) is 0 Å². The average Bonchev–Trinajstić information content (AvgIpc) is 2.38. The fourth-order valence-corrected chi connectivity index (χ4v) is 1.77. The number of rotatable bonds is 12. The van der Waals surface area contributed by atoms with Crippen molar-refractivity contribution >= 4 is 11.9 Å². The Hall–Kier alpha value is -1.36. The summed E-state index contributed by atoms with van der Waals surface area (Å²) in [5.41, 5.74) is 0. The Kier molecular flexibility index (Phi) is 10.9. The summed E-state index contributed by atoms with van der Waals surface area (Å²) < 4.78 is 4.67. The summed E-state index contributed by atoms with van der Waals surface area (Å²) in [5.74, 6) is -2.22. The maximum Gasteiger partial charge on any atom is 0.307 e. The zero-order valence-corrected chi connectivity index (χ0v) is 11.3. The fraction of sp³-hybridized carbons (Fsp3) is 0.714. The molecule has 5 heteroatoms. The summed E-state index contributed by atoms with van der Waals surface area (Å²) in [4.78, 5) is 22.3. The molecule has 0 spiro atoms. The highest BCUT2D eigenvalue weighted by atomic mass is 16.5. The second kappa shape index (κ2) is 11.7. The molecule has 0 rings (SSSR count). The van der Waals surface area contributed by atoms with Crippen molar-refractivity contribution in [2.24, 2.45) is 5.92 Å². The molecule has 0 heterocycles. The van der Waals surface area contributed by atoms with E-state index >= 15 is 0 Å². The molecule has 0 fully saturated rings. The highest BCUT2D eigenvalue weighted by Gasteiger charge is 2.21. The van der Waals surface area contributed by atoms with Gasteiger partial charge in [-0.25, -0.2) is 0 Å². The number of aliphatic hydroxyl groups is 1. The summed E-state index contributed by atoms with van der Waals surface area (Å²) in [6.45, 7) is 3.32. The van der Waals surface area contributed by atoms with Crippen LogP contribution in [0.5, 0.6) is 0 Å². The van der Waals surface area contributed by atoms with Crippen molar-refractivity contribution in [2.45, 2.75) is 44.9 Å². The van der Waals surface area contributed by atoms with Crippen molar-refractivity contribution in [3.63, 3.8) is 0 Å². The summed E-state index contributed by atoms with van der Waals surface area (Å²) in [7, 11) is 0. The van der Waals surface area contributed by atoms with E-state index in [4.69, 9.17) is 10.2 Å². The zero-order chi connectivity index (χ0) is 14.5. The quantitative estimate of drug-likeness (QED) is 0.323. The van der Waals surface area contributed by atoms with E-state index in [9.17, 15) is 9.59 Å². The van der Waals surface area contributed by atoms with Gasteiger partial charge in [-0.2, -0.15) is 0 Å². The molecule has 0 aliphatic heterocycles. The van der Waals surface area contributed by atoms with Gasteiger partial charge in [-0.15, -0.1) is 6.58 Å². The Labute approximate surface area is 114 Å². The minimum Gasteiger partial charge on any atom is -0.481 e. The van der Waals surface area contributed by atoms with E-state index in [1.807, 2.05) is 6.08 Å². The van der Waals surface area contributed by atoms with Gasteiger partial charge >= 0.3 is 11.9 Å². The molecule has 0 saturated carbocycles. The first kappa shape index (κ1) is 17.6. The van der Waals surface area contributed by atoms with Crippen molar-refractivity contribution in [1.29, 1.82) is 0 Å². The lowest BCUT2D eigenvalue weighted by Gasteiger charge is -2.11. The second-order valence-electron chi connectivity index (χ2n) is 4.46. The number of carbonyl (C=O) groups is 2. The lowest BCUT2D eigenvalue weighted by atomic mass is 9.97. The van der Waals surface area contributed by atoms with Crippen LogP contribution in [0, 0.1) is 5.92 Å². The normalized spacial score (nSPS) is 11.8. The van der Waals surface area contributed by atoms with E-state index in [1.54, 1.807) is 0 Å². The summed E-state index contributed by atoms with van der Waals surface area (Å²) >= 11 is 0. The molecule has 5 nitrogen and oxygen atoms in total. The molecule has 0 saturated heterocycles. The monoisotopic (exact) mass is 272 g/mol. The number of carbonyl (C=O) groups excluding carboxylic acids is 1. The van der Waals surface area contributed by atoms with Crippen molar-refractivity contribution in [1.82, 2.24) is 0 Å². The number of ether oxygens (including phenoxy) is 1. The SMILES string of the molecule is C=CCCCCCCC(CC(=O)OCCO)C(=O)O. The van der Waals surface area contributed by atoms with Crippen LogP contribution >= 0.6 is 0 Å². The van der Waals surface area contributed by atoms with Crippen molar-refractivity contribution in [3.05, 3.63) is 12.7 Å². The van der Waals surface area contributed by atoms with Crippen molar-refractivity contribution < 1.29 is 24.5 Å². The standard InChI is InChI=1S/C14H24O5/c1-2-3-4-5-6-7-8-12(14(17)18)11-13(16)19-10-9-15/h2,12,15H,1,3-11H2,(H,17,18). The number of allylic oxidation sites excluding steroid dienone is 1. The molecule has 0 aromatic rings. The van der Waals surface area contributed by atoms with Gasteiger partial charge in [0.1, 0.15) is 6.61 Å². The minimum absolute atomic E-state index is 0.0767. The molecule has 0 bridgehead atoms. The minimum atomic E-state index is -0.966. The van der Waals surface area contributed by atoms with Gasteiger partial charge in [0, 0.05) is 0 Å². The van der Waals surface area contributed by atoms with Crippen LogP contribution in [0.4, 0.5) is 0 Å². The number of hydrogen-bond acceptors (Lipinski definition) is 4. The number of carboxylic acid groups (broad SMARTS) is 1. The third-order valence-electron chi connectivity index (χ3n) is 2.83. The van der Waals surface area contributed by atoms with E-state index in [-0.39, 0.29) is 19.6 Å². The van der Waals surface area contributed by atoms with Crippen LogP contribution in [-0.2, 0) is 14.3 Å². The molecule has 0 aliphatic carbocycles. The molecular weight excluding hydrogens is 248 g/mol. The molecule has 0 aromatic carbocycles. The molecule has 110 valence electrons. The molecule has 19 heavy (non-hydrogen) atoms. The number of carboxylic acids is 1. The third kappa shape index (κ3) is 10.3. The average molecular weight is 272 g/mol. The van der Waals surface area contributed by atoms with E-state index in [0.29, 0.717) is 6.42 Å². The third-order valence-corrected chi connectivity index (χ3v) is 2.83. The first-order valence-electron chi connectivity index (χ1n) is 6.72. The highest BCUT2D eigenvalue weighted by molar-refractivity contribution is 5.78. The van der Waals surface area contributed by atoms with Crippen LogP contribution in [0.15, 0.2) is 12.7 Å². The van der Waals surface area contributed by atoms with Gasteiger partial charge < -0.3 is 14.9 Å². The lowest BCUT2D eigenvalue weighted by molar-refractivity contribution is -0.152. The Morgan fingerprint density at radius 1 is 1.21 bits per heavy atom. The van der Waals surface area contributed by atoms with E-state index < -0.39 is 17.9 Å². The molecule has 0 aliphatic rings. The van der Waals surface area contributed by atoms with Crippen LogP contribution in [0.1, 0.15) is 44.9 Å². The largest absolute Gasteiger partial charge is 0.481 e. The van der Waals surface area contributed by atoms with Crippen LogP contribution in [0.2, 0.25) is 0 Å². The smallest absolute Gasteiger partial charge is 0.307 e. The van der Waals surface area contributed by atoms with Gasteiger partial charge in [0.25, 0.3) is 0 Å². The molecule has 1 atom stereocenters. The van der Waals surface area contributed by atoms with Gasteiger partial charge in [-0.3, -0.25) is 9.59 Å². The molecule has 0 amide bonds. The Morgan fingerprint density at radius 2 is 1.89 bits per heavy atom. The first-order chi connectivity index (χ1) is 9.11. The Morgan fingerprint density at radius 3 is 2.47 bits per heavy atom. The number of esters is 1.